The van der Waals surface area contributed by atoms with Crippen molar-refractivity contribution in [3.63, 3.8) is 0 Å². The van der Waals surface area contributed by atoms with Crippen LogP contribution in [0.5, 0.6) is 0 Å². The lowest BCUT2D eigenvalue weighted by Gasteiger charge is -2.14. The van der Waals surface area contributed by atoms with E-state index >= 15 is 0 Å². The van der Waals surface area contributed by atoms with E-state index in [1.165, 1.54) is 0 Å². The van der Waals surface area contributed by atoms with Gasteiger partial charge in [0.15, 0.2) is 0 Å². The van der Waals surface area contributed by atoms with Crippen LogP contribution in [0.15, 0.2) is 53.4 Å². The number of carbonyl (C=O) groups excluding carboxylic acids is 2. The Morgan fingerprint density at radius 3 is 2.57 bits per heavy atom. The molecular formula is C21H28N4O4S. The van der Waals surface area contributed by atoms with Crippen molar-refractivity contribution in [1.82, 2.24) is 5.32 Å². The molecule has 0 radical (unpaired) electrons. The van der Waals surface area contributed by atoms with Crippen LogP contribution < -0.4 is 21.1 Å². The summed E-state index contributed by atoms with van der Waals surface area (Å²) in [6.45, 7) is 4.59. The summed E-state index contributed by atoms with van der Waals surface area (Å²) >= 11 is 0. The molecule has 0 heterocycles. The largest absolute Gasteiger partial charge is 0.466 e. The van der Waals surface area contributed by atoms with Crippen LogP contribution in [-0.4, -0.2) is 29.4 Å². The number of benzene rings is 2. The summed E-state index contributed by atoms with van der Waals surface area (Å²) in [5.74, 6) is -0.362. The van der Waals surface area contributed by atoms with Crippen LogP contribution >= 0.6 is 0 Å². The maximum absolute atomic E-state index is 12.7. The van der Waals surface area contributed by atoms with Gasteiger partial charge in [-0.1, -0.05) is 25.1 Å². The molecule has 0 saturated heterocycles. The summed E-state index contributed by atoms with van der Waals surface area (Å²) in [5, 5.41) is 5.44. The topological polar surface area (TPSA) is 123 Å². The first-order valence-electron chi connectivity index (χ1n) is 9.77. The molecule has 0 aliphatic carbocycles. The standard InChI is InChI=1S/C21H28N4O4S/c1-3-11-23-21(27)24-16-8-6-10-18(13-16)30(28)25-17-9-5-7-15(12-17)19(22)14-20(26)29-4-2/h5-10,12-13,19,25H,3-4,11,14,22H2,1-2H3,(H2,23,24,27). The van der Waals surface area contributed by atoms with Gasteiger partial charge < -0.3 is 25.8 Å². The lowest BCUT2D eigenvalue weighted by Crippen LogP contribution is -2.29. The highest BCUT2D eigenvalue weighted by Crippen LogP contribution is 2.21. The van der Waals surface area contributed by atoms with Gasteiger partial charge in [-0.3, -0.25) is 4.79 Å². The van der Waals surface area contributed by atoms with Gasteiger partial charge in [-0.05, 0) is 49.2 Å². The second kappa shape index (κ2) is 11.9. The molecule has 8 nitrogen and oxygen atoms in total. The molecule has 2 amide bonds. The molecule has 30 heavy (non-hydrogen) atoms. The molecule has 5 N–H and O–H groups in total. The monoisotopic (exact) mass is 432 g/mol. The minimum atomic E-state index is -1.55. The molecule has 0 saturated carbocycles. The van der Waals surface area contributed by atoms with Crippen molar-refractivity contribution in [2.45, 2.75) is 37.6 Å². The van der Waals surface area contributed by atoms with Crippen LogP contribution in [0.4, 0.5) is 16.2 Å². The number of hydrogen-bond donors (Lipinski definition) is 4. The molecular weight excluding hydrogens is 404 g/mol. The fourth-order valence-corrected chi connectivity index (χ4v) is 3.51. The van der Waals surface area contributed by atoms with Crippen LogP contribution in [0, 0.1) is 0 Å². The molecule has 0 bridgehead atoms. The van der Waals surface area contributed by atoms with Crippen molar-refractivity contribution >= 4 is 34.4 Å². The highest BCUT2D eigenvalue weighted by atomic mass is 32.2. The number of hydrogen-bond acceptors (Lipinski definition) is 5. The lowest BCUT2D eigenvalue weighted by atomic mass is 10.0. The smallest absolute Gasteiger partial charge is 0.319 e. The average molecular weight is 433 g/mol. The highest BCUT2D eigenvalue weighted by molar-refractivity contribution is 7.86. The first-order chi connectivity index (χ1) is 14.4. The van der Waals surface area contributed by atoms with E-state index in [0.717, 1.165) is 12.0 Å². The molecule has 2 rings (SSSR count). The predicted octanol–water partition coefficient (Wildman–Crippen LogP) is 3.31. The van der Waals surface area contributed by atoms with Gasteiger partial charge in [0.2, 0.25) is 0 Å². The van der Waals surface area contributed by atoms with Gasteiger partial charge in [0.1, 0.15) is 11.0 Å². The number of carbonyl (C=O) groups is 2. The number of amides is 2. The minimum absolute atomic E-state index is 0.0637. The van der Waals surface area contributed by atoms with Crippen molar-refractivity contribution in [3.05, 3.63) is 54.1 Å². The van der Waals surface area contributed by atoms with E-state index in [4.69, 9.17) is 10.5 Å². The minimum Gasteiger partial charge on any atom is -0.466 e. The molecule has 0 fully saturated rings. The molecule has 9 heteroatoms. The Labute approximate surface area is 179 Å². The third kappa shape index (κ3) is 7.49. The van der Waals surface area contributed by atoms with Crippen LogP contribution in [0.25, 0.3) is 0 Å². The molecule has 0 aliphatic rings. The Hall–Kier alpha value is -2.91. The number of rotatable bonds is 10. The Balaban J connectivity index is 2.03. The van der Waals surface area contributed by atoms with Crippen LogP contribution in [0.3, 0.4) is 0 Å². The van der Waals surface area contributed by atoms with Crippen LogP contribution in [-0.2, 0) is 20.5 Å². The second-order valence-electron chi connectivity index (χ2n) is 6.52. The number of ether oxygens (including phenoxy) is 1. The third-order valence-corrected chi connectivity index (χ3v) is 5.16. The van der Waals surface area contributed by atoms with E-state index < -0.39 is 17.0 Å². The second-order valence-corrected chi connectivity index (χ2v) is 7.73. The van der Waals surface area contributed by atoms with E-state index in [-0.39, 0.29) is 18.4 Å². The Bertz CT molecular complexity index is 891. The molecule has 0 spiro atoms. The van der Waals surface area contributed by atoms with Gasteiger partial charge in [0.25, 0.3) is 0 Å². The normalized spacial score (nSPS) is 12.5. The first-order valence-corrected chi connectivity index (χ1v) is 10.9. The molecule has 2 aromatic rings. The number of nitrogens with one attached hydrogen (secondary N) is 3. The van der Waals surface area contributed by atoms with E-state index in [1.54, 1.807) is 55.5 Å². The van der Waals surface area contributed by atoms with Crippen molar-refractivity contribution in [1.29, 1.82) is 0 Å². The van der Waals surface area contributed by atoms with Gasteiger partial charge in [-0.2, -0.15) is 0 Å². The fraction of sp³-hybridized carbons (Fsp3) is 0.333. The van der Waals surface area contributed by atoms with Crippen molar-refractivity contribution in [3.8, 4) is 0 Å². The molecule has 0 aromatic heterocycles. The van der Waals surface area contributed by atoms with E-state index in [1.807, 2.05) is 6.92 Å². The number of esters is 1. The molecule has 2 atom stereocenters. The first kappa shape index (κ1) is 23.4. The molecule has 2 unspecified atom stereocenters. The SMILES string of the molecule is CCCNC(=O)Nc1cccc(S(=O)Nc2cccc(C(N)CC(=O)OCC)c2)c1. The zero-order valence-corrected chi connectivity index (χ0v) is 18.0. The van der Waals surface area contributed by atoms with Gasteiger partial charge in [0.05, 0.1) is 17.9 Å². The number of urea groups is 1. The predicted molar refractivity (Wildman–Crippen MR) is 118 cm³/mol. The quantitative estimate of drug-likeness (QED) is 0.429. The van der Waals surface area contributed by atoms with Gasteiger partial charge in [-0.25, -0.2) is 9.00 Å². The van der Waals surface area contributed by atoms with Gasteiger partial charge >= 0.3 is 12.0 Å². The summed E-state index contributed by atoms with van der Waals surface area (Å²) < 4.78 is 20.6. The summed E-state index contributed by atoms with van der Waals surface area (Å²) in [4.78, 5) is 23.9. The van der Waals surface area contributed by atoms with Crippen molar-refractivity contribution < 1.29 is 18.5 Å². The van der Waals surface area contributed by atoms with E-state index in [2.05, 4.69) is 15.4 Å². The average Bonchev–Trinajstić information content (AvgIpc) is 2.72. The maximum atomic E-state index is 12.7. The van der Waals surface area contributed by atoms with Crippen molar-refractivity contribution in [2.24, 2.45) is 5.73 Å². The summed E-state index contributed by atoms with van der Waals surface area (Å²) in [5.41, 5.74) is 7.96. The number of anilines is 2. The zero-order chi connectivity index (χ0) is 21.9. The summed E-state index contributed by atoms with van der Waals surface area (Å²) in [6, 6.07) is 13.1. The molecule has 162 valence electrons. The summed E-state index contributed by atoms with van der Waals surface area (Å²) in [6.07, 6.45) is 0.901. The van der Waals surface area contributed by atoms with Gasteiger partial charge in [-0.15, -0.1) is 0 Å². The fourth-order valence-electron chi connectivity index (χ4n) is 2.62. The third-order valence-electron chi connectivity index (χ3n) is 4.06. The zero-order valence-electron chi connectivity index (χ0n) is 17.1. The Morgan fingerprint density at radius 2 is 1.83 bits per heavy atom. The van der Waals surface area contributed by atoms with E-state index in [9.17, 15) is 13.8 Å². The highest BCUT2D eigenvalue weighted by Gasteiger charge is 2.14. The van der Waals surface area contributed by atoms with E-state index in [0.29, 0.717) is 29.4 Å². The molecule has 0 aliphatic heterocycles. The summed E-state index contributed by atoms with van der Waals surface area (Å²) in [7, 11) is -1.55. The lowest BCUT2D eigenvalue weighted by molar-refractivity contribution is -0.143. The molecule has 2 aromatic carbocycles. The Kier molecular flexibility index (Phi) is 9.30. The van der Waals surface area contributed by atoms with Gasteiger partial charge in [0, 0.05) is 24.0 Å². The maximum Gasteiger partial charge on any atom is 0.319 e. The van der Waals surface area contributed by atoms with Crippen molar-refractivity contribution in [2.75, 3.05) is 23.2 Å². The van der Waals surface area contributed by atoms with Crippen LogP contribution in [0.2, 0.25) is 0 Å². The number of nitrogens with two attached hydrogens (primary N) is 1. The van der Waals surface area contributed by atoms with Crippen LogP contribution in [0.1, 0.15) is 38.3 Å². The Morgan fingerprint density at radius 1 is 1.10 bits per heavy atom.